The molecule has 3 atom stereocenters. The third kappa shape index (κ3) is 45.5. The van der Waals surface area contributed by atoms with Crippen LogP contribution in [0.15, 0.2) is 0 Å². The molecule has 3 unspecified atom stereocenters. The van der Waals surface area contributed by atoms with E-state index in [4.69, 9.17) is 14.8 Å². The number of rotatable bonds is 51. The molecule has 0 saturated carbocycles. The third-order valence-electron chi connectivity index (χ3n) is 12.5. The minimum absolute atomic E-state index is 0.0929. The van der Waals surface area contributed by atoms with E-state index < -0.39 is 20.0 Å². The smallest absolute Gasteiger partial charge is 0.391 e. The standard InChI is InChI=1S/C51H105N2O6P/c1-3-5-7-9-11-13-15-17-19-21-23-25-26-28-30-32-34-36-38-40-42-44-50(54)49(48-59-60(56,57)58-47-46-52)53-51(55)45-43-41-39-37-35-33-31-29-27-24-22-20-18-16-14-12-10-8-6-4-2/h49-50,54H,3-48,52H2,1-2H3,(H,53,55)(H,56,57). The lowest BCUT2D eigenvalue weighted by atomic mass is 10.0. The zero-order valence-corrected chi connectivity index (χ0v) is 41.1. The fourth-order valence-electron chi connectivity index (χ4n) is 8.44. The Hall–Kier alpha value is -0.500. The average Bonchev–Trinajstić information content (AvgIpc) is 3.24. The molecule has 360 valence electrons. The molecule has 0 aromatic heterocycles. The van der Waals surface area contributed by atoms with Gasteiger partial charge in [-0.2, -0.15) is 0 Å². The first-order valence-corrected chi connectivity index (χ1v) is 28.1. The maximum atomic E-state index is 12.9. The summed E-state index contributed by atoms with van der Waals surface area (Å²) in [5, 5.41) is 13.9. The van der Waals surface area contributed by atoms with E-state index in [1.54, 1.807) is 0 Å². The molecule has 0 heterocycles. The number of phosphoric ester groups is 1. The Kier molecular flexibility index (Phi) is 47.6. The number of nitrogens with one attached hydrogen (secondary N) is 1. The summed E-state index contributed by atoms with van der Waals surface area (Å²) in [5.74, 6) is -0.153. The monoisotopic (exact) mass is 873 g/mol. The van der Waals surface area contributed by atoms with Crippen molar-refractivity contribution in [1.29, 1.82) is 0 Å². The number of phosphoric acid groups is 1. The van der Waals surface area contributed by atoms with Gasteiger partial charge in [-0.15, -0.1) is 0 Å². The van der Waals surface area contributed by atoms with Crippen molar-refractivity contribution in [2.24, 2.45) is 5.73 Å². The maximum Gasteiger partial charge on any atom is 0.472 e. The number of aliphatic hydroxyl groups is 1. The van der Waals surface area contributed by atoms with Gasteiger partial charge in [-0.05, 0) is 12.8 Å². The lowest BCUT2D eigenvalue weighted by molar-refractivity contribution is -0.123. The second-order valence-corrected chi connectivity index (χ2v) is 19.9. The summed E-state index contributed by atoms with van der Waals surface area (Å²) < 4.78 is 22.3. The Balaban J connectivity index is 3.98. The number of hydrogen-bond acceptors (Lipinski definition) is 6. The summed E-state index contributed by atoms with van der Waals surface area (Å²) in [6, 6.07) is -0.769. The molecule has 8 nitrogen and oxygen atoms in total. The van der Waals surface area contributed by atoms with Crippen LogP contribution in [0.25, 0.3) is 0 Å². The van der Waals surface area contributed by atoms with Crippen LogP contribution in [0.3, 0.4) is 0 Å². The highest BCUT2D eigenvalue weighted by Gasteiger charge is 2.27. The predicted octanol–water partition coefficient (Wildman–Crippen LogP) is 15.7. The molecule has 0 aliphatic carbocycles. The number of nitrogens with two attached hydrogens (primary N) is 1. The fraction of sp³-hybridized carbons (Fsp3) is 0.980. The molecule has 0 spiro atoms. The van der Waals surface area contributed by atoms with Gasteiger partial charge in [0.25, 0.3) is 0 Å². The molecule has 1 amide bonds. The van der Waals surface area contributed by atoms with Crippen LogP contribution in [0.1, 0.15) is 290 Å². The summed E-state index contributed by atoms with van der Waals surface area (Å²) in [4.78, 5) is 22.9. The van der Waals surface area contributed by atoms with Crippen molar-refractivity contribution in [3.63, 3.8) is 0 Å². The molecule has 0 aromatic carbocycles. The van der Waals surface area contributed by atoms with Gasteiger partial charge in [-0.3, -0.25) is 13.8 Å². The molecule has 60 heavy (non-hydrogen) atoms. The van der Waals surface area contributed by atoms with Gasteiger partial charge in [-0.1, -0.05) is 271 Å². The van der Waals surface area contributed by atoms with Gasteiger partial charge in [0.05, 0.1) is 25.4 Å². The summed E-state index contributed by atoms with van der Waals surface area (Å²) in [5.41, 5.74) is 5.41. The number of carbonyl (C=O) groups excluding carboxylic acids is 1. The highest BCUT2D eigenvalue weighted by atomic mass is 31.2. The first-order chi connectivity index (χ1) is 29.4. The Morgan fingerprint density at radius 1 is 0.483 bits per heavy atom. The van der Waals surface area contributed by atoms with E-state index >= 15 is 0 Å². The summed E-state index contributed by atoms with van der Waals surface area (Å²) in [6.07, 6.45) is 54.1. The molecule has 0 rings (SSSR count). The van der Waals surface area contributed by atoms with Crippen molar-refractivity contribution < 1.29 is 28.4 Å². The Labute approximate surface area is 373 Å². The molecule has 5 N–H and O–H groups in total. The van der Waals surface area contributed by atoms with E-state index in [2.05, 4.69) is 19.2 Å². The molecule has 0 radical (unpaired) electrons. The zero-order valence-electron chi connectivity index (χ0n) is 40.2. The number of unbranched alkanes of at least 4 members (excludes halogenated alkanes) is 39. The van der Waals surface area contributed by atoms with Gasteiger partial charge in [0, 0.05) is 13.0 Å². The highest BCUT2D eigenvalue weighted by molar-refractivity contribution is 7.47. The maximum absolute atomic E-state index is 12.9. The topological polar surface area (TPSA) is 131 Å². The van der Waals surface area contributed by atoms with Gasteiger partial charge in [-0.25, -0.2) is 4.57 Å². The normalized spacial score (nSPS) is 13.8. The minimum atomic E-state index is -4.32. The first-order valence-electron chi connectivity index (χ1n) is 26.7. The molecule has 0 aliphatic rings. The van der Waals surface area contributed by atoms with Gasteiger partial charge < -0.3 is 21.1 Å². The molecule has 9 heteroatoms. The van der Waals surface area contributed by atoms with Gasteiger partial charge >= 0.3 is 7.82 Å². The van der Waals surface area contributed by atoms with Crippen LogP contribution < -0.4 is 11.1 Å². The second kappa shape index (κ2) is 48.0. The molecular weight excluding hydrogens is 768 g/mol. The largest absolute Gasteiger partial charge is 0.472 e. The van der Waals surface area contributed by atoms with Crippen LogP contribution in [0.4, 0.5) is 0 Å². The van der Waals surface area contributed by atoms with Crippen LogP contribution >= 0.6 is 7.82 Å². The van der Waals surface area contributed by atoms with Gasteiger partial charge in [0.1, 0.15) is 0 Å². The third-order valence-corrected chi connectivity index (χ3v) is 13.4. The van der Waals surface area contributed by atoms with Crippen molar-refractivity contribution in [2.75, 3.05) is 19.8 Å². The Morgan fingerprint density at radius 2 is 0.767 bits per heavy atom. The Morgan fingerprint density at radius 3 is 1.07 bits per heavy atom. The van der Waals surface area contributed by atoms with E-state index in [-0.39, 0.29) is 25.7 Å². The van der Waals surface area contributed by atoms with E-state index in [1.165, 1.54) is 225 Å². The van der Waals surface area contributed by atoms with Crippen molar-refractivity contribution in [3.8, 4) is 0 Å². The van der Waals surface area contributed by atoms with E-state index in [0.717, 1.165) is 38.5 Å². The average molecular weight is 873 g/mol. The van der Waals surface area contributed by atoms with Crippen LogP contribution in [0.2, 0.25) is 0 Å². The number of hydrogen-bond donors (Lipinski definition) is 4. The molecule has 0 saturated heterocycles. The molecule has 0 fully saturated rings. The summed E-state index contributed by atoms with van der Waals surface area (Å²) in [6.45, 7) is 4.27. The minimum Gasteiger partial charge on any atom is -0.391 e. The first kappa shape index (κ1) is 59.5. The SMILES string of the molecule is CCCCCCCCCCCCCCCCCCCCCCCC(O)C(COP(=O)(O)OCCN)NC(=O)CCCCCCCCCCCCCCCCCCCCCC. The molecule has 0 aromatic rings. The van der Waals surface area contributed by atoms with Crippen LogP contribution in [0.5, 0.6) is 0 Å². The Bertz CT molecular complexity index is 911. The predicted molar refractivity (Wildman–Crippen MR) is 259 cm³/mol. The van der Waals surface area contributed by atoms with Crippen molar-refractivity contribution in [1.82, 2.24) is 5.32 Å². The number of aliphatic hydroxyl groups excluding tert-OH is 1. The lowest BCUT2D eigenvalue weighted by Crippen LogP contribution is -2.46. The summed E-state index contributed by atoms with van der Waals surface area (Å²) >= 11 is 0. The quantitative estimate of drug-likeness (QED) is 0.0354. The zero-order chi connectivity index (χ0) is 43.9. The van der Waals surface area contributed by atoms with E-state index in [1.807, 2.05) is 0 Å². The lowest BCUT2D eigenvalue weighted by Gasteiger charge is -2.25. The fourth-order valence-corrected chi connectivity index (χ4v) is 9.19. The molecule has 0 aliphatic heterocycles. The van der Waals surface area contributed by atoms with Crippen LogP contribution in [0, 0.1) is 0 Å². The van der Waals surface area contributed by atoms with Crippen molar-refractivity contribution in [2.45, 2.75) is 302 Å². The van der Waals surface area contributed by atoms with E-state index in [0.29, 0.717) is 12.8 Å². The van der Waals surface area contributed by atoms with E-state index in [9.17, 15) is 19.4 Å². The van der Waals surface area contributed by atoms with Crippen molar-refractivity contribution in [3.05, 3.63) is 0 Å². The van der Waals surface area contributed by atoms with Gasteiger partial charge in [0.15, 0.2) is 0 Å². The highest BCUT2D eigenvalue weighted by Crippen LogP contribution is 2.43. The summed E-state index contributed by atoms with van der Waals surface area (Å²) in [7, 11) is -4.32. The number of carbonyl (C=O) groups is 1. The van der Waals surface area contributed by atoms with Crippen LogP contribution in [-0.2, 0) is 18.4 Å². The van der Waals surface area contributed by atoms with Crippen molar-refractivity contribution >= 4 is 13.7 Å². The van der Waals surface area contributed by atoms with Gasteiger partial charge in [0.2, 0.25) is 5.91 Å². The van der Waals surface area contributed by atoms with Crippen LogP contribution in [-0.4, -0.2) is 47.8 Å². The second-order valence-electron chi connectivity index (χ2n) is 18.5. The molecular formula is C51H105N2O6P. The molecule has 0 bridgehead atoms. The number of amides is 1.